The number of ether oxygens (including phenoxy) is 3. The van der Waals surface area contributed by atoms with Crippen molar-refractivity contribution in [3.8, 4) is 33.8 Å². The molecule has 3 aromatic carbocycles. The Morgan fingerprint density at radius 3 is 2.23 bits per heavy atom. The Balaban J connectivity index is 1.78. The molecule has 0 saturated heterocycles. The molecular weight excluding hydrogens is 398 g/mol. The Morgan fingerprint density at radius 1 is 0.903 bits per heavy atom. The van der Waals surface area contributed by atoms with Crippen LogP contribution in [0.5, 0.6) is 11.5 Å². The van der Waals surface area contributed by atoms with Crippen LogP contribution in [0.4, 0.5) is 5.69 Å². The number of amides is 1. The fourth-order valence-corrected chi connectivity index (χ4v) is 3.93. The first kappa shape index (κ1) is 20.7. The van der Waals surface area contributed by atoms with E-state index < -0.39 is 0 Å². The van der Waals surface area contributed by atoms with Crippen molar-refractivity contribution in [3.63, 3.8) is 0 Å². The van der Waals surface area contributed by atoms with E-state index in [9.17, 15) is 14.4 Å². The summed E-state index contributed by atoms with van der Waals surface area (Å²) in [6.45, 7) is 0.272. The summed E-state index contributed by atoms with van der Waals surface area (Å²) in [5.41, 5.74) is 4.26. The van der Waals surface area contributed by atoms with Gasteiger partial charge in [-0.25, -0.2) is 0 Å². The Bertz CT molecular complexity index is 1170. The first-order valence-electron chi connectivity index (χ1n) is 10.00. The molecule has 4 rings (SSSR count). The third kappa shape index (κ3) is 3.79. The van der Waals surface area contributed by atoms with Gasteiger partial charge in [0.05, 0.1) is 33.6 Å². The average Bonchev–Trinajstić information content (AvgIpc) is 3.44. The van der Waals surface area contributed by atoms with E-state index in [1.165, 1.54) is 7.11 Å². The SMILES string of the molecule is COC(=O)CCCC(=O)N1Cc2cc(OC)ccc2-c2c(c2=O)-c2ccc(OC)cc21. The normalized spacial score (nSPS) is 12.3. The smallest absolute Gasteiger partial charge is 0.305 e. The molecule has 31 heavy (non-hydrogen) atoms. The molecule has 0 fully saturated rings. The van der Waals surface area contributed by atoms with E-state index in [1.54, 1.807) is 31.3 Å². The Morgan fingerprint density at radius 2 is 1.55 bits per heavy atom. The lowest BCUT2D eigenvalue weighted by atomic mass is 9.98. The van der Waals surface area contributed by atoms with Crippen LogP contribution >= 0.6 is 0 Å². The highest BCUT2D eigenvalue weighted by molar-refractivity contribution is 6.05. The third-order valence-corrected chi connectivity index (χ3v) is 5.62. The van der Waals surface area contributed by atoms with E-state index in [-0.39, 0.29) is 36.7 Å². The molecule has 0 spiro atoms. The summed E-state index contributed by atoms with van der Waals surface area (Å²) >= 11 is 0. The van der Waals surface area contributed by atoms with Crippen LogP contribution in [0.25, 0.3) is 22.3 Å². The molecule has 0 bridgehead atoms. The van der Waals surface area contributed by atoms with E-state index in [0.717, 1.165) is 11.1 Å². The van der Waals surface area contributed by atoms with E-state index in [0.29, 0.717) is 40.3 Å². The zero-order chi connectivity index (χ0) is 22.1. The molecule has 7 heteroatoms. The largest absolute Gasteiger partial charge is 0.497 e. The van der Waals surface area contributed by atoms with Gasteiger partial charge in [0.1, 0.15) is 11.5 Å². The van der Waals surface area contributed by atoms with Crippen LogP contribution in [0, 0.1) is 0 Å². The van der Waals surface area contributed by atoms with Crippen molar-refractivity contribution in [1.82, 2.24) is 0 Å². The minimum Gasteiger partial charge on any atom is -0.497 e. The highest BCUT2D eigenvalue weighted by atomic mass is 16.5. The van der Waals surface area contributed by atoms with Gasteiger partial charge < -0.3 is 19.1 Å². The summed E-state index contributed by atoms with van der Waals surface area (Å²) in [6, 6.07) is 10.9. The second-order valence-electron chi connectivity index (χ2n) is 7.39. The number of anilines is 1. The number of esters is 1. The summed E-state index contributed by atoms with van der Waals surface area (Å²) in [6.07, 6.45) is 0.712. The Labute approximate surface area is 179 Å². The second-order valence-corrected chi connectivity index (χ2v) is 7.39. The van der Waals surface area contributed by atoms with E-state index in [1.807, 2.05) is 24.3 Å². The molecule has 0 saturated carbocycles. The van der Waals surface area contributed by atoms with Crippen molar-refractivity contribution in [2.24, 2.45) is 0 Å². The van der Waals surface area contributed by atoms with Gasteiger partial charge in [-0.2, -0.15) is 0 Å². The highest BCUT2D eigenvalue weighted by Crippen LogP contribution is 2.45. The fourth-order valence-electron chi connectivity index (χ4n) is 3.93. The summed E-state index contributed by atoms with van der Waals surface area (Å²) in [5.74, 6) is 0.742. The number of carbonyl (C=O) groups excluding carboxylic acids is 2. The van der Waals surface area contributed by atoms with Crippen LogP contribution < -0.4 is 19.8 Å². The van der Waals surface area contributed by atoms with Gasteiger partial charge in [-0.3, -0.25) is 14.4 Å². The summed E-state index contributed by atoms with van der Waals surface area (Å²) in [7, 11) is 4.46. The molecule has 0 aliphatic carbocycles. The third-order valence-electron chi connectivity index (χ3n) is 5.62. The summed E-state index contributed by atoms with van der Waals surface area (Å²) in [5, 5.41) is 0. The van der Waals surface area contributed by atoms with E-state index >= 15 is 0 Å². The maximum atomic E-state index is 13.3. The molecule has 160 valence electrons. The molecule has 0 unspecified atom stereocenters. The highest BCUT2D eigenvalue weighted by Gasteiger charge is 2.34. The topological polar surface area (TPSA) is 82.1 Å². The quantitative estimate of drug-likeness (QED) is 0.567. The predicted octanol–water partition coefficient (Wildman–Crippen LogP) is 3.46. The van der Waals surface area contributed by atoms with Crippen molar-refractivity contribution in [1.29, 1.82) is 0 Å². The van der Waals surface area contributed by atoms with Gasteiger partial charge in [0.25, 0.3) is 0 Å². The lowest BCUT2D eigenvalue weighted by molar-refractivity contribution is -0.140. The lowest BCUT2D eigenvalue weighted by Crippen LogP contribution is -2.31. The van der Waals surface area contributed by atoms with Gasteiger partial charge in [-0.05, 0) is 41.8 Å². The minimum atomic E-state index is -0.351. The van der Waals surface area contributed by atoms with E-state index in [2.05, 4.69) is 4.74 Å². The predicted molar refractivity (Wildman–Crippen MR) is 116 cm³/mol. The van der Waals surface area contributed by atoms with Crippen LogP contribution in [-0.4, -0.2) is 33.2 Å². The molecule has 1 amide bonds. The number of methoxy groups -OCH3 is 3. The molecule has 0 atom stereocenters. The molecule has 3 aromatic rings. The van der Waals surface area contributed by atoms with Gasteiger partial charge in [-0.15, -0.1) is 0 Å². The molecule has 0 radical (unpaired) electrons. The number of hydrogen-bond acceptors (Lipinski definition) is 6. The van der Waals surface area contributed by atoms with Crippen LogP contribution in [0.2, 0.25) is 0 Å². The lowest BCUT2D eigenvalue weighted by Gasteiger charge is -2.27. The number of fused-ring (bicyclic) bond motifs is 5. The second kappa shape index (κ2) is 8.26. The summed E-state index contributed by atoms with van der Waals surface area (Å²) in [4.78, 5) is 39.1. The van der Waals surface area contributed by atoms with Gasteiger partial charge in [0.2, 0.25) is 5.91 Å². The summed E-state index contributed by atoms with van der Waals surface area (Å²) < 4.78 is 15.4. The first-order chi connectivity index (χ1) is 15.0. The van der Waals surface area contributed by atoms with Crippen molar-refractivity contribution < 1.29 is 23.8 Å². The molecule has 1 aliphatic rings. The van der Waals surface area contributed by atoms with Crippen molar-refractivity contribution in [3.05, 3.63) is 52.2 Å². The van der Waals surface area contributed by atoms with Crippen LogP contribution in [-0.2, 0) is 20.9 Å². The minimum absolute atomic E-state index is 0.0159. The standard InChI is InChI=1S/C24H23NO6/c1-29-15-7-9-17-14(11-15)13-25(20(26)5-4-6-21(27)31-3)19-12-16(30-2)8-10-18(19)23-22(17)24(23)28/h7-12H,4-6,13H2,1-3H3. The Hall–Kier alpha value is -3.61. The van der Waals surface area contributed by atoms with Crippen LogP contribution in [0.3, 0.4) is 0 Å². The number of rotatable bonds is 6. The first-order valence-corrected chi connectivity index (χ1v) is 10.00. The number of hydrogen-bond donors (Lipinski definition) is 0. The van der Waals surface area contributed by atoms with Crippen molar-refractivity contribution in [2.45, 2.75) is 25.8 Å². The molecule has 1 aliphatic heterocycles. The zero-order valence-corrected chi connectivity index (χ0v) is 17.7. The van der Waals surface area contributed by atoms with Gasteiger partial charge >= 0.3 is 5.97 Å². The van der Waals surface area contributed by atoms with Gasteiger partial charge in [0, 0.05) is 35.6 Å². The van der Waals surface area contributed by atoms with Crippen LogP contribution in [0.15, 0.2) is 41.2 Å². The molecule has 7 nitrogen and oxygen atoms in total. The molecular formula is C24H23NO6. The maximum absolute atomic E-state index is 13.3. The van der Waals surface area contributed by atoms with Gasteiger partial charge in [-0.1, -0.05) is 6.07 Å². The van der Waals surface area contributed by atoms with Crippen molar-refractivity contribution in [2.75, 3.05) is 26.2 Å². The maximum Gasteiger partial charge on any atom is 0.305 e. The van der Waals surface area contributed by atoms with Gasteiger partial charge in [0.15, 0.2) is 5.43 Å². The molecule has 0 N–H and O–H groups in total. The molecule has 1 heterocycles. The van der Waals surface area contributed by atoms with Crippen LogP contribution in [0.1, 0.15) is 24.8 Å². The fraction of sp³-hybridized carbons (Fsp3) is 0.292. The number of carbonyl (C=O) groups is 2. The monoisotopic (exact) mass is 421 g/mol. The number of nitrogens with zero attached hydrogens (tertiary/aromatic N) is 1. The Kier molecular flexibility index (Phi) is 5.50. The van der Waals surface area contributed by atoms with E-state index in [4.69, 9.17) is 9.47 Å². The molecule has 0 aromatic heterocycles. The average molecular weight is 421 g/mol. The number of benzene rings is 2. The van der Waals surface area contributed by atoms with Crippen molar-refractivity contribution >= 4 is 17.6 Å². The zero-order valence-electron chi connectivity index (χ0n) is 17.7.